The Hall–Kier alpha value is -2.61. The van der Waals surface area contributed by atoms with Gasteiger partial charge in [0.1, 0.15) is 17.2 Å². The van der Waals surface area contributed by atoms with E-state index in [9.17, 15) is 13.5 Å². The van der Waals surface area contributed by atoms with E-state index in [-0.39, 0.29) is 22.0 Å². The Morgan fingerprint density at radius 2 is 1.82 bits per heavy atom. The van der Waals surface area contributed by atoms with Crippen molar-refractivity contribution < 1.29 is 23.0 Å². The lowest BCUT2D eigenvalue weighted by Gasteiger charge is -2.13. The summed E-state index contributed by atoms with van der Waals surface area (Å²) >= 11 is 0. The number of nitrogen functional groups attached to an aromatic ring is 1. The standard InChI is InChI=1S/C14H16N2O5S/c1-20-9-3-6-14(21-2)12(7-9)16-22(18,19)10-4-5-13(17)11(15)8-10/h3-8,16-17H,15H2,1-2H3. The van der Waals surface area contributed by atoms with E-state index >= 15 is 0 Å². The van der Waals surface area contributed by atoms with Crippen LogP contribution in [0.3, 0.4) is 0 Å². The first-order chi connectivity index (χ1) is 10.4. The highest BCUT2D eigenvalue weighted by molar-refractivity contribution is 7.92. The van der Waals surface area contributed by atoms with E-state index < -0.39 is 10.0 Å². The van der Waals surface area contributed by atoms with Crippen LogP contribution >= 0.6 is 0 Å². The van der Waals surface area contributed by atoms with E-state index in [2.05, 4.69) is 4.72 Å². The van der Waals surface area contributed by atoms with Crippen molar-refractivity contribution in [3.63, 3.8) is 0 Å². The molecule has 0 saturated heterocycles. The Bertz CT molecular complexity index is 790. The van der Waals surface area contributed by atoms with Gasteiger partial charge in [-0.15, -0.1) is 0 Å². The Morgan fingerprint density at radius 1 is 1.09 bits per heavy atom. The number of sulfonamides is 1. The fraction of sp³-hybridized carbons (Fsp3) is 0.143. The molecule has 0 heterocycles. The van der Waals surface area contributed by atoms with Crippen LogP contribution in [0.2, 0.25) is 0 Å². The smallest absolute Gasteiger partial charge is 0.262 e. The Morgan fingerprint density at radius 3 is 2.41 bits per heavy atom. The molecule has 0 fully saturated rings. The molecule has 22 heavy (non-hydrogen) atoms. The van der Waals surface area contributed by atoms with E-state index in [0.717, 1.165) is 0 Å². The monoisotopic (exact) mass is 324 g/mol. The van der Waals surface area contributed by atoms with Crippen molar-refractivity contribution in [3.05, 3.63) is 36.4 Å². The zero-order valence-corrected chi connectivity index (χ0v) is 12.8. The molecule has 0 amide bonds. The number of methoxy groups -OCH3 is 2. The fourth-order valence-electron chi connectivity index (χ4n) is 1.80. The van der Waals surface area contributed by atoms with Gasteiger partial charge in [-0.25, -0.2) is 8.42 Å². The maximum Gasteiger partial charge on any atom is 0.262 e. The van der Waals surface area contributed by atoms with Crippen LogP contribution < -0.4 is 19.9 Å². The summed E-state index contributed by atoms with van der Waals surface area (Å²) in [7, 11) is -0.985. The van der Waals surface area contributed by atoms with Crippen LogP contribution in [-0.4, -0.2) is 27.7 Å². The van der Waals surface area contributed by atoms with Gasteiger partial charge in [0.15, 0.2) is 0 Å². The normalized spacial score (nSPS) is 11.0. The van der Waals surface area contributed by atoms with Gasteiger partial charge in [0.2, 0.25) is 0 Å². The summed E-state index contributed by atoms with van der Waals surface area (Å²) in [6.07, 6.45) is 0. The molecule has 4 N–H and O–H groups in total. The summed E-state index contributed by atoms with van der Waals surface area (Å²) in [6, 6.07) is 8.37. The fourth-order valence-corrected chi connectivity index (χ4v) is 2.89. The van der Waals surface area contributed by atoms with Crippen LogP contribution in [0.1, 0.15) is 0 Å². The number of ether oxygens (including phenoxy) is 2. The summed E-state index contributed by atoms with van der Waals surface area (Å²) in [6.45, 7) is 0. The zero-order chi connectivity index (χ0) is 16.3. The number of rotatable bonds is 5. The molecule has 2 rings (SSSR count). The lowest BCUT2D eigenvalue weighted by Crippen LogP contribution is -2.14. The van der Waals surface area contributed by atoms with Crippen molar-refractivity contribution in [2.75, 3.05) is 24.7 Å². The largest absolute Gasteiger partial charge is 0.506 e. The SMILES string of the molecule is COc1ccc(OC)c(NS(=O)(=O)c2ccc(O)c(N)c2)c1. The molecule has 0 bridgehead atoms. The van der Waals surface area contributed by atoms with E-state index in [1.807, 2.05) is 0 Å². The predicted molar refractivity (Wildman–Crippen MR) is 82.9 cm³/mol. The van der Waals surface area contributed by atoms with E-state index in [1.54, 1.807) is 12.1 Å². The minimum atomic E-state index is -3.89. The first-order valence-electron chi connectivity index (χ1n) is 6.20. The Balaban J connectivity index is 2.41. The average Bonchev–Trinajstić information content (AvgIpc) is 2.49. The molecule has 0 unspecified atom stereocenters. The van der Waals surface area contributed by atoms with Crippen LogP contribution in [0.15, 0.2) is 41.3 Å². The highest BCUT2D eigenvalue weighted by Crippen LogP contribution is 2.31. The van der Waals surface area contributed by atoms with E-state index in [4.69, 9.17) is 15.2 Å². The molecule has 0 aliphatic heterocycles. The van der Waals surface area contributed by atoms with Gasteiger partial charge in [0.05, 0.1) is 30.5 Å². The molecule has 2 aromatic carbocycles. The summed E-state index contributed by atoms with van der Waals surface area (Å²) < 4.78 is 37.4. The van der Waals surface area contributed by atoms with Gasteiger partial charge in [-0.1, -0.05) is 0 Å². The molecular weight excluding hydrogens is 308 g/mol. The summed E-state index contributed by atoms with van der Waals surface area (Å²) in [4.78, 5) is -0.0762. The number of hydrogen-bond donors (Lipinski definition) is 3. The zero-order valence-electron chi connectivity index (χ0n) is 12.0. The third kappa shape index (κ3) is 3.17. The number of phenols is 1. The maximum absolute atomic E-state index is 12.4. The quantitative estimate of drug-likeness (QED) is 0.571. The Labute approximate surface area is 128 Å². The second-order valence-electron chi connectivity index (χ2n) is 4.39. The third-order valence-electron chi connectivity index (χ3n) is 2.96. The topological polar surface area (TPSA) is 111 Å². The minimum Gasteiger partial charge on any atom is -0.506 e. The molecule has 0 aliphatic carbocycles. The first-order valence-corrected chi connectivity index (χ1v) is 7.69. The highest BCUT2D eigenvalue weighted by atomic mass is 32.2. The van der Waals surface area contributed by atoms with Crippen LogP contribution in [0, 0.1) is 0 Å². The van der Waals surface area contributed by atoms with Crippen molar-refractivity contribution in [2.24, 2.45) is 0 Å². The predicted octanol–water partition coefficient (Wildman–Crippen LogP) is 1.79. The van der Waals surface area contributed by atoms with Gasteiger partial charge < -0.3 is 20.3 Å². The lowest BCUT2D eigenvalue weighted by molar-refractivity contribution is 0.405. The third-order valence-corrected chi connectivity index (χ3v) is 4.32. The number of anilines is 2. The van der Waals surface area contributed by atoms with Gasteiger partial charge >= 0.3 is 0 Å². The molecule has 118 valence electrons. The second-order valence-corrected chi connectivity index (χ2v) is 6.07. The van der Waals surface area contributed by atoms with Crippen LogP contribution in [0.4, 0.5) is 11.4 Å². The number of benzene rings is 2. The average molecular weight is 324 g/mol. The number of nitrogens with one attached hydrogen (secondary N) is 1. The molecule has 0 saturated carbocycles. The molecule has 0 atom stereocenters. The van der Waals surface area contributed by atoms with Crippen LogP contribution in [0.25, 0.3) is 0 Å². The number of phenolic OH excluding ortho intramolecular Hbond substituents is 1. The van der Waals surface area contributed by atoms with Crippen molar-refractivity contribution in [3.8, 4) is 17.2 Å². The Kier molecular flexibility index (Phi) is 4.32. The van der Waals surface area contributed by atoms with Crippen LogP contribution in [-0.2, 0) is 10.0 Å². The van der Waals surface area contributed by atoms with Crippen molar-refractivity contribution in [2.45, 2.75) is 4.90 Å². The minimum absolute atomic E-state index is 0.0273. The number of hydrogen-bond acceptors (Lipinski definition) is 6. The molecule has 8 heteroatoms. The highest BCUT2D eigenvalue weighted by Gasteiger charge is 2.18. The molecule has 2 aromatic rings. The summed E-state index contributed by atoms with van der Waals surface area (Å²) in [5.41, 5.74) is 5.73. The lowest BCUT2D eigenvalue weighted by atomic mass is 10.3. The maximum atomic E-state index is 12.4. The van der Waals surface area contributed by atoms with Gasteiger partial charge in [0.25, 0.3) is 10.0 Å². The summed E-state index contributed by atoms with van der Waals surface area (Å²) in [5, 5.41) is 9.37. The van der Waals surface area contributed by atoms with Crippen molar-refractivity contribution >= 4 is 21.4 Å². The second kappa shape index (κ2) is 6.02. The van der Waals surface area contributed by atoms with E-state index in [0.29, 0.717) is 11.5 Å². The van der Waals surface area contributed by atoms with Gasteiger partial charge in [-0.05, 0) is 30.3 Å². The molecule has 0 aliphatic rings. The first kappa shape index (κ1) is 15.8. The molecule has 0 spiro atoms. The van der Waals surface area contributed by atoms with E-state index in [1.165, 1.54) is 38.5 Å². The van der Waals surface area contributed by atoms with Gasteiger partial charge in [0, 0.05) is 6.07 Å². The van der Waals surface area contributed by atoms with Gasteiger partial charge in [-0.3, -0.25) is 4.72 Å². The molecular formula is C14H16N2O5S. The van der Waals surface area contributed by atoms with Crippen molar-refractivity contribution in [1.29, 1.82) is 0 Å². The van der Waals surface area contributed by atoms with Crippen LogP contribution in [0.5, 0.6) is 17.2 Å². The van der Waals surface area contributed by atoms with Gasteiger partial charge in [-0.2, -0.15) is 0 Å². The molecule has 0 aromatic heterocycles. The molecule has 7 nitrogen and oxygen atoms in total. The number of aromatic hydroxyl groups is 1. The van der Waals surface area contributed by atoms with Crippen molar-refractivity contribution in [1.82, 2.24) is 0 Å². The molecule has 0 radical (unpaired) electrons. The summed E-state index contributed by atoms with van der Waals surface area (Å²) in [5.74, 6) is 0.637. The number of nitrogens with two attached hydrogens (primary N) is 1.